The molecule has 4 rings (SSSR count). The summed E-state index contributed by atoms with van der Waals surface area (Å²) in [4.78, 5) is 36.7. The standard InChI is InChI=1S/C25H25NO6/c1-14-20(13-12-18-17-10-6-7-11-19(17)25(30)32-22(14)18)31-15(2)23(27)26-21(24(28)29)16-8-4-3-5-9-16/h3-5,8-9,12-13,15,21H,6-7,10-11H2,1-2H3,(H,26,27)(H,28,29)/p-1/t15-,21+/m1/s1. The second kappa shape index (κ2) is 8.86. The van der Waals surface area contributed by atoms with Crippen LogP contribution in [0.4, 0.5) is 0 Å². The highest BCUT2D eigenvalue weighted by atomic mass is 16.5. The van der Waals surface area contributed by atoms with Crippen molar-refractivity contribution in [3.63, 3.8) is 0 Å². The van der Waals surface area contributed by atoms with Crippen LogP contribution in [-0.4, -0.2) is 18.0 Å². The molecule has 0 saturated carbocycles. The molecular formula is C25H24NO6-. The number of carbonyl (C=O) groups is 2. The molecule has 0 fully saturated rings. The molecule has 0 bridgehead atoms. The average molecular weight is 434 g/mol. The molecule has 1 aliphatic carbocycles. The van der Waals surface area contributed by atoms with Gasteiger partial charge in [-0.3, -0.25) is 4.79 Å². The van der Waals surface area contributed by atoms with E-state index in [2.05, 4.69) is 5.32 Å². The lowest BCUT2D eigenvalue weighted by Gasteiger charge is -2.23. The lowest BCUT2D eigenvalue weighted by Crippen LogP contribution is -2.45. The summed E-state index contributed by atoms with van der Waals surface area (Å²) < 4.78 is 11.4. The Morgan fingerprint density at radius 3 is 2.44 bits per heavy atom. The van der Waals surface area contributed by atoms with E-state index in [4.69, 9.17) is 9.15 Å². The average Bonchev–Trinajstić information content (AvgIpc) is 2.80. The first kappa shape index (κ1) is 21.6. The van der Waals surface area contributed by atoms with Crippen molar-refractivity contribution >= 4 is 22.8 Å². The highest BCUT2D eigenvalue weighted by Gasteiger charge is 2.24. The van der Waals surface area contributed by atoms with Crippen LogP contribution < -0.4 is 20.8 Å². The van der Waals surface area contributed by atoms with Gasteiger partial charge in [0.15, 0.2) is 6.10 Å². The minimum atomic E-state index is -1.41. The Bertz CT molecular complexity index is 1230. The summed E-state index contributed by atoms with van der Waals surface area (Å²) in [6.45, 7) is 3.30. The second-order valence-electron chi connectivity index (χ2n) is 8.05. The van der Waals surface area contributed by atoms with Crippen LogP contribution in [0.3, 0.4) is 0 Å². The Kier molecular flexibility index (Phi) is 5.99. The van der Waals surface area contributed by atoms with E-state index >= 15 is 0 Å². The van der Waals surface area contributed by atoms with E-state index in [-0.39, 0.29) is 5.63 Å². The van der Waals surface area contributed by atoms with E-state index in [1.165, 1.54) is 6.92 Å². The van der Waals surface area contributed by atoms with Gasteiger partial charge in [-0.15, -0.1) is 0 Å². The van der Waals surface area contributed by atoms with Gasteiger partial charge in [0.1, 0.15) is 11.3 Å². The number of benzene rings is 2. The Morgan fingerprint density at radius 1 is 1.06 bits per heavy atom. The van der Waals surface area contributed by atoms with Crippen LogP contribution in [0.2, 0.25) is 0 Å². The van der Waals surface area contributed by atoms with E-state index in [0.29, 0.717) is 22.5 Å². The zero-order valence-electron chi connectivity index (χ0n) is 18.0. The Morgan fingerprint density at radius 2 is 1.75 bits per heavy atom. The number of hydrogen-bond acceptors (Lipinski definition) is 6. The van der Waals surface area contributed by atoms with Gasteiger partial charge in [0.05, 0.1) is 12.0 Å². The second-order valence-corrected chi connectivity index (χ2v) is 8.05. The summed E-state index contributed by atoms with van der Waals surface area (Å²) in [6.07, 6.45) is 2.58. The van der Waals surface area contributed by atoms with Crippen molar-refractivity contribution in [3.8, 4) is 5.75 Å². The third-order valence-corrected chi connectivity index (χ3v) is 5.92. The van der Waals surface area contributed by atoms with E-state index in [1.807, 2.05) is 6.07 Å². The number of fused-ring (bicyclic) bond motifs is 3. The zero-order chi connectivity index (χ0) is 22.8. The minimum absolute atomic E-state index is 0.321. The Balaban J connectivity index is 1.57. The molecule has 0 spiro atoms. The third kappa shape index (κ3) is 4.10. The number of aryl methyl sites for hydroxylation is 2. The van der Waals surface area contributed by atoms with Crippen LogP contribution in [-0.2, 0) is 22.4 Å². The number of carboxylic acids is 1. The van der Waals surface area contributed by atoms with Crippen LogP contribution in [0.5, 0.6) is 5.75 Å². The lowest BCUT2D eigenvalue weighted by molar-refractivity contribution is -0.308. The van der Waals surface area contributed by atoms with E-state index in [0.717, 1.165) is 42.2 Å². The Hall–Kier alpha value is -3.61. The number of carbonyl (C=O) groups excluding carboxylic acids is 2. The molecule has 7 nitrogen and oxygen atoms in total. The third-order valence-electron chi connectivity index (χ3n) is 5.92. The molecule has 1 amide bonds. The molecule has 166 valence electrons. The highest BCUT2D eigenvalue weighted by Crippen LogP contribution is 2.33. The van der Waals surface area contributed by atoms with Gasteiger partial charge in [-0.25, -0.2) is 4.79 Å². The van der Waals surface area contributed by atoms with E-state index in [9.17, 15) is 19.5 Å². The van der Waals surface area contributed by atoms with Crippen molar-refractivity contribution < 1.29 is 23.8 Å². The number of ether oxygens (including phenoxy) is 1. The van der Waals surface area contributed by atoms with Crippen molar-refractivity contribution in [2.24, 2.45) is 0 Å². The topological polar surface area (TPSA) is 109 Å². The van der Waals surface area contributed by atoms with Crippen LogP contribution in [0, 0.1) is 6.92 Å². The molecule has 1 heterocycles. The maximum atomic E-state index is 12.7. The van der Waals surface area contributed by atoms with E-state index < -0.39 is 24.0 Å². The molecular weight excluding hydrogens is 410 g/mol. The maximum Gasteiger partial charge on any atom is 0.339 e. The molecule has 1 aliphatic rings. The zero-order valence-corrected chi connectivity index (χ0v) is 18.0. The fraction of sp³-hybridized carbons (Fsp3) is 0.320. The number of amides is 1. The van der Waals surface area contributed by atoms with Crippen molar-refractivity contribution in [2.45, 2.75) is 51.7 Å². The molecule has 32 heavy (non-hydrogen) atoms. The molecule has 2 aromatic carbocycles. The van der Waals surface area contributed by atoms with Gasteiger partial charge in [-0.1, -0.05) is 30.3 Å². The van der Waals surface area contributed by atoms with Crippen molar-refractivity contribution in [1.29, 1.82) is 0 Å². The Labute approximate surface area is 185 Å². The van der Waals surface area contributed by atoms with Gasteiger partial charge in [0.2, 0.25) is 0 Å². The number of hydrogen-bond donors (Lipinski definition) is 1. The predicted octanol–water partition coefficient (Wildman–Crippen LogP) is 2.35. The molecule has 0 aliphatic heterocycles. The first-order valence-electron chi connectivity index (χ1n) is 10.7. The van der Waals surface area contributed by atoms with E-state index in [1.54, 1.807) is 43.3 Å². The van der Waals surface area contributed by atoms with Gasteiger partial charge < -0.3 is 24.4 Å². The van der Waals surface area contributed by atoms with Gasteiger partial charge >= 0.3 is 5.63 Å². The molecule has 7 heteroatoms. The SMILES string of the molecule is Cc1c(O[C@H](C)C(=O)N[C@H](C(=O)[O-])c2ccccc2)ccc2c3c(c(=O)oc12)CCCC3. The predicted molar refractivity (Wildman–Crippen MR) is 116 cm³/mol. The van der Waals surface area contributed by atoms with Gasteiger partial charge in [-0.05, 0) is 62.8 Å². The molecule has 2 atom stereocenters. The first-order chi connectivity index (χ1) is 15.4. The van der Waals surface area contributed by atoms with Gasteiger partial charge in [-0.2, -0.15) is 0 Å². The van der Waals surface area contributed by atoms with Gasteiger partial charge in [0, 0.05) is 16.5 Å². The largest absolute Gasteiger partial charge is 0.548 e. The number of aliphatic carboxylic acids is 1. The summed E-state index contributed by atoms with van der Waals surface area (Å²) in [5, 5.41) is 14.9. The van der Waals surface area contributed by atoms with Crippen LogP contribution in [0.1, 0.15) is 48.1 Å². The summed E-state index contributed by atoms with van der Waals surface area (Å²) >= 11 is 0. The van der Waals surface area contributed by atoms with Gasteiger partial charge in [0.25, 0.3) is 5.91 Å². The summed E-state index contributed by atoms with van der Waals surface area (Å²) in [6, 6.07) is 10.6. The normalized spacial score (nSPS) is 14.9. The smallest absolute Gasteiger partial charge is 0.339 e. The molecule has 1 aromatic heterocycles. The minimum Gasteiger partial charge on any atom is -0.548 e. The fourth-order valence-electron chi connectivity index (χ4n) is 4.18. The quantitative estimate of drug-likeness (QED) is 0.597. The lowest BCUT2D eigenvalue weighted by atomic mass is 9.90. The highest BCUT2D eigenvalue weighted by molar-refractivity contribution is 5.88. The molecule has 3 aromatic rings. The van der Waals surface area contributed by atoms with Crippen LogP contribution in [0.15, 0.2) is 51.7 Å². The number of carboxylic acid groups (broad SMARTS) is 1. The first-order valence-corrected chi connectivity index (χ1v) is 10.7. The fourth-order valence-corrected chi connectivity index (χ4v) is 4.18. The summed E-state index contributed by atoms with van der Waals surface area (Å²) in [5.41, 5.74) is 2.94. The molecule has 0 radical (unpaired) electrons. The monoisotopic (exact) mass is 434 g/mol. The maximum absolute atomic E-state index is 12.7. The summed E-state index contributed by atoms with van der Waals surface area (Å²) in [7, 11) is 0. The number of nitrogens with one attached hydrogen (secondary N) is 1. The number of rotatable bonds is 6. The molecule has 0 saturated heterocycles. The molecule has 1 N–H and O–H groups in total. The van der Waals surface area contributed by atoms with Crippen molar-refractivity contribution in [1.82, 2.24) is 5.32 Å². The molecule has 0 unspecified atom stereocenters. The van der Waals surface area contributed by atoms with Crippen molar-refractivity contribution in [2.75, 3.05) is 0 Å². The van der Waals surface area contributed by atoms with Crippen LogP contribution in [0.25, 0.3) is 11.0 Å². The van der Waals surface area contributed by atoms with Crippen molar-refractivity contribution in [3.05, 3.63) is 75.1 Å². The summed E-state index contributed by atoms with van der Waals surface area (Å²) in [5.74, 6) is -1.62. The van der Waals surface area contributed by atoms with Crippen LogP contribution >= 0.6 is 0 Å².